The van der Waals surface area contributed by atoms with E-state index in [9.17, 15) is 14.7 Å². The Morgan fingerprint density at radius 3 is 2.55 bits per heavy atom. The molecule has 1 fully saturated rings. The molecular weight excluding hydrogens is 424 g/mol. The van der Waals surface area contributed by atoms with Crippen molar-refractivity contribution in [1.82, 2.24) is 10.2 Å². The molecule has 1 saturated heterocycles. The number of nitrogens with zero attached hydrogens (tertiary/aromatic N) is 2. The van der Waals surface area contributed by atoms with Crippen LogP contribution in [0.5, 0.6) is 5.75 Å². The Morgan fingerprint density at radius 1 is 1.15 bits per heavy atom. The zero-order valence-corrected chi connectivity index (χ0v) is 18.6. The van der Waals surface area contributed by atoms with E-state index in [1.807, 2.05) is 24.3 Å². The molecule has 1 aliphatic rings. The lowest BCUT2D eigenvalue weighted by Gasteiger charge is -2.36. The van der Waals surface area contributed by atoms with Crippen LogP contribution in [0.4, 0.5) is 11.4 Å². The molecule has 1 atom stereocenters. The number of hydrogen-bond acceptors (Lipinski definition) is 7. The largest absolute Gasteiger partial charge is 0.495 e. The summed E-state index contributed by atoms with van der Waals surface area (Å²) in [6.07, 6.45) is 0. The number of rotatable bonds is 9. The fourth-order valence-corrected chi connectivity index (χ4v) is 3.66. The Bertz CT molecular complexity index is 990. The van der Waals surface area contributed by atoms with Gasteiger partial charge < -0.3 is 36.0 Å². The minimum Gasteiger partial charge on any atom is -0.495 e. The van der Waals surface area contributed by atoms with E-state index in [4.69, 9.17) is 15.9 Å². The Labute approximate surface area is 192 Å². The lowest BCUT2D eigenvalue weighted by atomic mass is 10.1. The van der Waals surface area contributed by atoms with E-state index >= 15 is 0 Å². The SMILES string of the molecule is COc1ccccc1N1CCN(C(=O)CNC(=O)C(CO)Nc2cccc(C(=N)N)c2)CC1. The van der Waals surface area contributed by atoms with Gasteiger partial charge in [-0.25, -0.2) is 0 Å². The second kappa shape index (κ2) is 11.2. The molecule has 0 bridgehead atoms. The highest BCUT2D eigenvalue weighted by atomic mass is 16.5. The summed E-state index contributed by atoms with van der Waals surface area (Å²) in [6, 6.07) is 13.5. The third kappa shape index (κ3) is 6.13. The van der Waals surface area contributed by atoms with E-state index in [0.717, 1.165) is 11.4 Å². The van der Waals surface area contributed by atoms with E-state index in [2.05, 4.69) is 15.5 Å². The van der Waals surface area contributed by atoms with E-state index in [1.165, 1.54) is 0 Å². The van der Waals surface area contributed by atoms with Gasteiger partial charge in [-0.2, -0.15) is 0 Å². The van der Waals surface area contributed by atoms with Crippen LogP contribution in [0.25, 0.3) is 0 Å². The molecule has 10 heteroatoms. The summed E-state index contributed by atoms with van der Waals surface area (Å²) in [7, 11) is 1.63. The number of carbonyl (C=O) groups excluding carboxylic acids is 2. The summed E-state index contributed by atoms with van der Waals surface area (Å²) >= 11 is 0. The molecule has 10 nitrogen and oxygen atoms in total. The molecule has 0 aromatic heterocycles. The molecule has 6 N–H and O–H groups in total. The summed E-state index contributed by atoms with van der Waals surface area (Å²) in [6.45, 7) is 1.78. The van der Waals surface area contributed by atoms with Crippen molar-refractivity contribution < 1.29 is 19.4 Å². The summed E-state index contributed by atoms with van der Waals surface area (Å²) in [5, 5.41) is 22.6. The molecule has 0 saturated carbocycles. The van der Waals surface area contributed by atoms with Gasteiger partial charge in [0.25, 0.3) is 0 Å². The number of anilines is 2. The smallest absolute Gasteiger partial charge is 0.245 e. The molecule has 1 aliphatic heterocycles. The van der Waals surface area contributed by atoms with Gasteiger partial charge in [-0.1, -0.05) is 24.3 Å². The number of nitrogens with two attached hydrogens (primary N) is 1. The number of ether oxygens (including phenoxy) is 1. The van der Waals surface area contributed by atoms with Gasteiger partial charge >= 0.3 is 0 Å². The van der Waals surface area contributed by atoms with Crippen molar-refractivity contribution in [2.24, 2.45) is 5.73 Å². The zero-order valence-electron chi connectivity index (χ0n) is 18.6. The molecule has 0 radical (unpaired) electrons. The predicted octanol–water partition coefficient (Wildman–Crippen LogP) is 0.217. The molecule has 2 aromatic carbocycles. The third-order valence-corrected chi connectivity index (χ3v) is 5.49. The standard InChI is InChI=1S/C23H30N6O4/c1-33-20-8-3-2-7-19(20)28-9-11-29(12-10-28)21(31)14-26-23(32)18(15-30)27-17-6-4-5-16(13-17)22(24)25/h2-8,13,18,27,30H,9-12,14-15H2,1H3,(H3,24,25)(H,26,32). The number of nitrogen functional groups attached to an aromatic ring is 1. The second-order valence-corrected chi connectivity index (χ2v) is 7.63. The Morgan fingerprint density at radius 2 is 1.88 bits per heavy atom. The van der Waals surface area contributed by atoms with Gasteiger partial charge in [-0.15, -0.1) is 0 Å². The minimum atomic E-state index is -0.942. The molecule has 33 heavy (non-hydrogen) atoms. The van der Waals surface area contributed by atoms with Crippen LogP contribution >= 0.6 is 0 Å². The highest BCUT2D eigenvalue weighted by Crippen LogP contribution is 2.28. The van der Waals surface area contributed by atoms with Gasteiger partial charge in [0.1, 0.15) is 17.6 Å². The quantitative estimate of drug-likeness (QED) is 0.269. The Balaban J connectivity index is 1.49. The third-order valence-electron chi connectivity index (χ3n) is 5.49. The molecule has 176 valence electrons. The monoisotopic (exact) mass is 454 g/mol. The van der Waals surface area contributed by atoms with Crippen LogP contribution in [0.3, 0.4) is 0 Å². The number of benzene rings is 2. The molecular formula is C23H30N6O4. The topological polar surface area (TPSA) is 144 Å². The van der Waals surface area contributed by atoms with Crippen molar-refractivity contribution in [2.45, 2.75) is 6.04 Å². The zero-order chi connectivity index (χ0) is 23.8. The van der Waals surface area contributed by atoms with Crippen molar-refractivity contribution in [3.05, 3.63) is 54.1 Å². The number of amidine groups is 1. The number of aliphatic hydroxyl groups excluding tert-OH is 1. The van der Waals surface area contributed by atoms with Crippen LogP contribution in [0, 0.1) is 5.41 Å². The number of carbonyl (C=O) groups is 2. The normalized spacial score (nSPS) is 14.4. The van der Waals surface area contributed by atoms with E-state index in [1.54, 1.807) is 36.3 Å². The van der Waals surface area contributed by atoms with Crippen LogP contribution in [0.15, 0.2) is 48.5 Å². The molecule has 2 amide bonds. The minimum absolute atomic E-state index is 0.0972. The first kappa shape index (κ1) is 23.9. The summed E-state index contributed by atoms with van der Waals surface area (Å²) in [4.78, 5) is 29.0. The molecule has 2 aromatic rings. The van der Waals surface area contributed by atoms with Crippen molar-refractivity contribution in [3.8, 4) is 5.75 Å². The van der Waals surface area contributed by atoms with Gasteiger partial charge in [0.05, 0.1) is 25.9 Å². The number of nitrogens with one attached hydrogen (secondary N) is 3. The van der Waals surface area contributed by atoms with E-state index in [0.29, 0.717) is 37.4 Å². The van der Waals surface area contributed by atoms with Gasteiger partial charge in [0.2, 0.25) is 11.8 Å². The summed E-state index contributed by atoms with van der Waals surface area (Å²) in [5.74, 6) is 0.0195. The highest BCUT2D eigenvalue weighted by Gasteiger charge is 2.24. The average Bonchev–Trinajstić information content (AvgIpc) is 2.85. The first-order valence-corrected chi connectivity index (χ1v) is 10.7. The second-order valence-electron chi connectivity index (χ2n) is 7.63. The first-order valence-electron chi connectivity index (χ1n) is 10.7. The maximum Gasteiger partial charge on any atom is 0.245 e. The predicted molar refractivity (Wildman–Crippen MR) is 127 cm³/mol. The van der Waals surface area contributed by atoms with Crippen LogP contribution in [0.1, 0.15) is 5.56 Å². The fraction of sp³-hybridized carbons (Fsp3) is 0.348. The summed E-state index contributed by atoms with van der Waals surface area (Å²) in [5.41, 5.74) is 7.52. The van der Waals surface area contributed by atoms with Gasteiger partial charge in [-0.05, 0) is 24.3 Å². The van der Waals surface area contributed by atoms with Crippen molar-refractivity contribution in [2.75, 3.05) is 56.7 Å². The average molecular weight is 455 g/mol. The van der Waals surface area contributed by atoms with E-state index in [-0.39, 0.29) is 18.3 Å². The van der Waals surface area contributed by atoms with Gasteiger partial charge in [-0.3, -0.25) is 15.0 Å². The maximum atomic E-state index is 12.6. The van der Waals surface area contributed by atoms with Crippen LogP contribution in [0.2, 0.25) is 0 Å². The summed E-state index contributed by atoms with van der Waals surface area (Å²) < 4.78 is 5.42. The lowest BCUT2D eigenvalue weighted by Crippen LogP contribution is -2.52. The van der Waals surface area contributed by atoms with Crippen molar-refractivity contribution >= 4 is 29.0 Å². The maximum absolute atomic E-state index is 12.6. The number of aliphatic hydroxyl groups is 1. The lowest BCUT2D eigenvalue weighted by molar-refractivity contribution is -0.133. The highest BCUT2D eigenvalue weighted by molar-refractivity contribution is 5.96. The van der Waals surface area contributed by atoms with Crippen LogP contribution in [-0.2, 0) is 9.59 Å². The van der Waals surface area contributed by atoms with Gasteiger partial charge in [0, 0.05) is 37.4 Å². The van der Waals surface area contributed by atoms with Crippen molar-refractivity contribution in [3.63, 3.8) is 0 Å². The number of amides is 2. The molecule has 1 unspecified atom stereocenters. The number of para-hydroxylation sites is 2. The molecule has 1 heterocycles. The molecule has 0 spiro atoms. The fourth-order valence-electron chi connectivity index (χ4n) is 3.66. The van der Waals surface area contributed by atoms with E-state index < -0.39 is 18.6 Å². The van der Waals surface area contributed by atoms with Crippen LogP contribution in [-0.4, -0.2) is 80.1 Å². The molecule has 3 rings (SSSR count). The molecule has 0 aliphatic carbocycles. The Kier molecular flexibility index (Phi) is 8.09. The first-order chi connectivity index (χ1) is 15.9. The Hall–Kier alpha value is -3.79. The number of hydrogen-bond donors (Lipinski definition) is 5. The van der Waals surface area contributed by atoms with Gasteiger partial charge in [0.15, 0.2) is 0 Å². The number of methoxy groups -OCH3 is 1. The number of piperazine rings is 1. The van der Waals surface area contributed by atoms with Crippen LogP contribution < -0.4 is 26.0 Å². The van der Waals surface area contributed by atoms with Crippen molar-refractivity contribution in [1.29, 1.82) is 5.41 Å².